The number of likely N-dealkylation sites (tertiary alicyclic amines) is 1. The third-order valence-corrected chi connectivity index (χ3v) is 5.25. The Kier molecular flexibility index (Phi) is 5.60. The number of hydrogen-bond donors (Lipinski definition) is 0. The number of carbonyl (C=O) groups is 1. The van der Waals surface area contributed by atoms with Gasteiger partial charge in [-0.1, -0.05) is 0 Å². The number of piperidine rings is 1. The van der Waals surface area contributed by atoms with Gasteiger partial charge < -0.3 is 27.9 Å². The van der Waals surface area contributed by atoms with E-state index in [9.17, 15) is 4.79 Å². The van der Waals surface area contributed by atoms with Gasteiger partial charge in [0.05, 0.1) is 33.2 Å². The van der Waals surface area contributed by atoms with Crippen molar-refractivity contribution in [3.05, 3.63) is 42.2 Å². The molecule has 0 atom stereocenters. The molecule has 1 aliphatic heterocycles. The summed E-state index contributed by atoms with van der Waals surface area (Å²) in [5.41, 5.74) is 1.24. The molecule has 0 N–H and O–H groups in total. The molecule has 0 unspecified atom stereocenters. The average Bonchev–Trinajstić information content (AvgIpc) is 3.49. The van der Waals surface area contributed by atoms with E-state index in [4.69, 9.17) is 23.0 Å². The zero-order valence-electron chi connectivity index (χ0n) is 17.1. The Balaban J connectivity index is 1.45. The van der Waals surface area contributed by atoms with Crippen molar-refractivity contribution in [2.45, 2.75) is 18.8 Å². The highest BCUT2D eigenvalue weighted by Crippen LogP contribution is 2.39. The van der Waals surface area contributed by atoms with Gasteiger partial charge in [0.25, 0.3) is 11.8 Å². The van der Waals surface area contributed by atoms with Crippen LogP contribution in [0.4, 0.5) is 0 Å². The summed E-state index contributed by atoms with van der Waals surface area (Å²) in [5, 5.41) is 8.27. The number of nitrogens with zero attached hydrogens (tertiary/aromatic N) is 3. The Labute approximate surface area is 173 Å². The summed E-state index contributed by atoms with van der Waals surface area (Å²) >= 11 is 0. The summed E-state index contributed by atoms with van der Waals surface area (Å²) in [5.74, 6) is 2.42. The Morgan fingerprint density at radius 3 is 2.33 bits per heavy atom. The second kappa shape index (κ2) is 8.48. The predicted octanol–water partition coefficient (Wildman–Crippen LogP) is 3.38. The van der Waals surface area contributed by atoms with Gasteiger partial charge in [0.2, 0.25) is 11.6 Å². The summed E-state index contributed by atoms with van der Waals surface area (Å²) in [6.07, 6.45) is 4.61. The van der Waals surface area contributed by atoms with Crippen LogP contribution in [0.25, 0.3) is 11.5 Å². The van der Waals surface area contributed by atoms with Crippen molar-refractivity contribution in [2.75, 3.05) is 34.4 Å². The van der Waals surface area contributed by atoms with Gasteiger partial charge in [-0.25, -0.2) is 0 Å². The van der Waals surface area contributed by atoms with E-state index in [0.29, 0.717) is 47.7 Å². The summed E-state index contributed by atoms with van der Waals surface area (Å²) in [6.45, 7) is 1.17. The number of furan rings is 1. The van der Waals surface area contributed by atoms with Crippen LogP contribution in [0.3, 0.4) is 0 Å². The van der Waals surface area contributed by atoms with Gasteiger partial charge in [-0.15, -0.1) is 10.2 Å². The van der Waals surface area contributed by atoms with Crippen LogP contribution in [0.2, 0.25) is 0 Å². The van der Waals surface area contributed by atoms with E-state index in [-0.39, 0.29) is 11.8 Å². The van der Waals surface area contributed by atoms with E-state index in [1.165, 1.54) is 21.3 Å². The number of methoxy groups -OCH3 is 3. The molecule has 9 nitrogen and oxygen atoms in total. The van der Waals surface area contributed by atoms with E-state index < -0.39 is 0 Å². The van der Waals surface area contributed by atoms with Crippen molar-refractivity contribution in [1.82, 2.24) is 15.1 Å². The van der Waals surface area contributed by atoms with Gasteiger partial charge in [0.1, 0.15) is 6.26 Å². The second-order valence-corrected chi connectivity index (χ2v) is 6.94. The average molecular weight is 413 g/mol. The first-order valence-electron chi connectivity index (χ1n) is 9.59. The highest BCUT2D eigenvalue weighted by molar-refractivity contribution is 5.95. The molecular formula is C21H23N3O6. The fourth-order valence-electron chi connectivity index (χ4n) is 3.62. The number of aromatic nitrogens is 2. The monoisotopic (exact) mass is 413 g/mol. The van der Waals surface area contributed by atoms with Crippen LogP contribution in [0.5, 0.6) is 17.2 Å². The van der Waals surface area contributed by atoms with Crippen LogP contribution in [0.15, 0.2) is 39.6 Å². The molecule has 1 amide bonds. The first-order valence-corrected chi connectivity index (χ1v) is 9.59. The molecule has 3 heterocycles. The number of amides is 1. The lowest BCUT2D eigenvalue weighted by atomic mass is 9.96. The maximum Gasteiger partial charge on any atom is 0.254 e. The Hall–Kier alpha value is -3.49. The van der Waals surface area contributed by atoms with Crippen LogP contribution in [-0.2, 0) is 0 Å². The van der Waals surface area contributed by atoms with E-state index in [1.807, 2.05) is 4.90 Å². The maximum absolute atomic E-state index is 13.1. The molecule has 0 aliphatic carbocycles. The van der Waals surface area contributed by atoms with Crippen LogP contribution in [0, 0.1) is 0 Å². The smallest absolute Gasteiger partial charge is 0.254 e. The Morgan fingerprint density at radius 2 is 1.77 bits per heavy atom. The Bertz CT molecular complexity index is 981. The normalized spacial score (nSPS) is 14.6. The first-order chi connectivity index (χ1) is 14.6. The van der Waals surface area contributed by atoms with Crippen molar-refractivity contribution in [1.29, 1.82) is 0 Å². The third-order valence-electron chi connectivity index (χ3n) is 5.25. The van der Waals surface area contributed by atoms with E-state index in [2.05, 4.69) is 10.2 Å². The van der Waals surface area contributed by atoms with Crippen molar-refractivity contribution in [2.24, 2.45) is 0 Å². The fourth-order valence-corrected chi connectivity index (χ4v) is 3.62. The zero-order chi connectivity index (χ0) is 21.1. The molecule has 158 valence electrons. The Morgan fingerprint density at radius 1 is 1.07 bits per heavy atom. The minimum absolute atomic E-state index is 0.0858. The molecule has 2 aromatic heterocycles. The second-order valence-electron chi connectivity index (χ2n) is 6.94. The first kappa shape index (κ1) is 19.8. The number of ether oxygens (including phenoxy) is 3. The molecule has 0 saturated carbocycles. The minimum atomic E-state index is -0.0858. The number of rotatable bonds is 6. The summed E-state index contributed by atoms with van der Waals surface area (Å²) < 4.78 is 26.9. The lowest BCUT2D eigenvalue weighted by Crippen LogP contribution is -2.38. The van der Waals surface area contributed by atoms with Crippen molar-refractivity contribution in [3.63, 3.8) is 0 Å². The molecule has 1 aliphatic rings. The molecule has 4 rings (SSSR count). The topological polar surface area (TPSA) is 100 Å². The molecule has 3 aromatic rings. The maximum atomic E-state index is 13.1. The molecule has 0 radical (unpaired) electrons. The quantitative estimate of drug-likeness (QED) is 0.606. The van der Waals surface area contributed by atoms with Crippen LogP contribution < -0.4 is 14.2 Å². The minimum Gasteiger partial charge on any atom is -0.493 e. The molecule has 1 saturated heterocycles. The third kappa shape index (κ3) is 3.70. The van der Waals surface area contributed by atoms with Gasteiger partial charge in [0, 0.05) is 24.6 Å². The van der Waals surface area contributed by atoms with Gasteiger partial charge in [-0.3, -0.25) is 4.79 Å². The van der Waals surface area contributed by atoms with Crippen LogP contribution in [0.1, 0.15) is 35.0 Å². The van der Waals surface area contributed by atoms with Crippen LogP contribution >= 0.6 is 0 Å². The zero-order valence-corrected chi connectivity index (χ0v) is 17.1. The molecule has 0 spiro atoms. The van der Waals surface area contributed by atoms with Gasteiger partial charge in [-0.2, -0.15) is 0 Å². The van der Waals surface area contributed by atoms with E-state index in [1.54, 1.807) is 30.7 Å². The lowest BCUT2D eigenvalue weighted by Gasteiger charge is -2.30. The number of benzene rings is 1. The molecule has 1 aromatic carbocycles. The summed E-state index contributed by atoms with van der Waals surface area (Å²) in [7, 11) is 4.58. The predicted molar refractivity (Wildman–Crippen MR) is 106 cm³/mol. The molecule has 0 bridgehead atoms. The summed E-state index contributed by atoms with van der Waals surface area (Å²) in [4.78, 5) is 14.9. The van der Waals surface area contributed by atoms with E-state index >= 15 is 0 Å². The molecular weight excluding hydrogens is 390 g/mol. The number of carbonyl (C=O) groups excluding carboxylic acids is 1. The van der Waals surface area contributed by atoms with Gasteiger partial charge >= 0.3 is 0 Å². The molecule has 30 heavy (non-hydrogen) atoms. The van der Waals surface area contributed by atoms with Crippen LogP contribution in [-0.4, -0.2) is 55.4 Å². The largest absolute Gasteiger partial charge is 0.493 e. The van der Waals surface area contributed by atoms with E-state index in [0.717, 1.165) is 18.4 Å². The summed E-state index contributed by atoms with van der Waals surface area (Å²) in [6, 6.07) is 5.12. The number of hydrogen-bond acceptors (Lipinski definition) is 8. The highest BCUT2D eigenvalue weighted by atomic mass is 16.5. The molecule has 1 fully saturated rings. The van der Waals surface area contributed by atoms with Gasteiger partial charge in [0.15, 0.2) is 11.5 Å². The van der Waals surface area contributed by atoms with Gasteiger partial charge in [-0.05, 0) is 31.0 Å². The van der Waals surface area contributed by atoms with Crippen molar-refractivity contribution in [3.8, 4) is 28.7 Å². The fraction of sp³-hybridized carbons (Fsp3) is 0.381. The van der Waals surface area contributed by atoms with Crippen molar-refractivity contribution >= 4 is 5.91 Å². The SMILES string of the molecule is COc1cc(C(=O)N2CCC(c3nnc(-c4ccoc4)o3)CC2)cc(OC)c1OC. The standard InChI is InChI=1S/C21H23N3O6/c1-26-16-10-15(11-17(27-2)18(16)28-3)21(25)24-7-4-13(5-8-24)19-22-23-20(30-19)14-6-9-29-12-14/h6,9-13H,4-5,7-8H2,1-3H3. The van der Waals surface area contributed by atoms with Crippen molar-refractivity contribution < 1.29 is 27.8 Å². The highest BCUT2D eigenvalue weighted by Gasteiger charge is 2.29. The lowest BCUT2D eigenvalue weighted by molar-refractivity contribution is 0.0705. The molecule has 9 heteroatoms.